The second-order valence-electron chi connectivity index (χ2n) is 10.7. The van der Waals surface area contributed by atoms with E-state index in [9.17, 15) is 18.4 Å². The summed E-state index contributed by atoms with van der Waals surface area (Å²) in [6, 6.07) is 20.5. The van der Waals surface area contributed by atoms with Crippen LogP contribution in [0.5, 0.6) is 0 Å². The van der Waals surface area contributed by atoms with E-state index in [1.807, 2.05) is 48.8 Å². The van der Waals surface area contributed by atoms with Gasteiger partial charge in [-0.25, -0.2) is 8.78 Å². The van der Waals surface area contributed by atoms with Crippen molar-refractivity contribution < 1.29 is 18.4 Å². The molecule has 0 saturated heterocycles. The van der Waals surface area contributed by atoms with Crippen molar-refractivity contribution in [3.05, 3.63) is 140 Å². The van der Waals surface area contributed by atoms with Crippen molar-refractivity contribution in [3.8, 4) is 0 Å². The summed E-state index contributed by atoms with van der Waals surface area (Å²) >= 11 is 9.75. The molecule has 2 atom stereocenters. The zero-order chi connectivity index (χ0) is 29.1. The molecule has 208 valence electrons. The first-order valence-electron chi connectivity index (χ1n) is 13.5. The molecule has 8 rings (SSSR count). The number of hydrogen-bond donors (Lipinski definition) is 2. The summed E-state index contributed by atoms with van der Waals surface area (Å²) in [5.41, 5.74) is 6.81. The van der Waals surface area contributed by atoms with E-state index in [1.165, 1.54) is 24.3 Å². The number of carbonyl (C=O) groups is 2. The highest BCUT2D eigenvalue weighted by Gasteiger charge is 2.33. The second-order valence-corrected chi connectivity index (χ2v) is 12.0. The molecule has 4 aromatic carbocycles. The summed E-state index contributed by atoms with van der Waals surface area (Å²) in [5, 5.41) is 2.68. The van der Waals surface area contributed by atoms with E-state index in [2.05, 4.69) is 25.9 Å². The van der Waals surface area contributed by atoms with E-state index in [4.69, 9.17) is 11.6 Å². The Morgan fingerprint density at radius 1 is 0.690 bits per heavy atom. The molecule has 0 aliphatic heterocycles. The molecule has 0 fully saturated rings. The molecule has 2 aliphatic carbocycles. The zero-order valence-electron chi connectivity index (χ0n) is 22.0. The standard InChI is InChI=1S/C17H11BrFNO.C17H11ClFNO/c18-9-1-3-11-15(8-20-16(11)5-9)14-7-17(21)12-4-2-10(19)6-13(12)14;18-14-2-1-3-15-17(14)13(8-20-15)11-7-16(21)12-6-9(19)4-5-10(11)12/h1-6,8,14,20H,7H2;1-6,8,11,20H,7H2. The summed E-state index contributed by atoms with van der Waals surface area (Å²) in [6.07, 6.45) is 4.58. The quantitative estimate of drug-likeness (QED) is 0.197. The van der Waals surface area contributed by atoms with Crippen molar-refractivity contribution in [1.29, 1.82) is 0 Å². The van der Waals surface area contributed by atoms with Crippen LogP contribution in [0.3, 0.4) is 0 Å². The number of ketones is 2. The van der Waals surface area contributed by atoms with Crippen LogP contribution in [0, 0.1) is 11.6 Å². The largest absolute Gasteiger partial charge is 0.361 e. The molecule has 2 aliphatic rings. The fourth-order valence-corrected chi connectivity index (χ4v) is 7.01. The van der Waals surface area contributed by atoms with Gasteiger partial charge in [0.2, 0.25) is 0 Å². The van der Waals surface area contributed by atoms with Crippen LogP contribution in [-0.2, 0) is 0 Å². The molecular formula is C34H22BrClF2N2O2. The van der Waals surface area contributed by atoms with Crippen molar-refractivity contribution >= 4 is 60.9 Å². The molecule has 0 radical (unpaired) electrons. The highest BCUT2D eigenvalue weighted by Crippen LogP contribution is 2.43. The highest BCUT2D eigenvalue weighted by molar-refractivity contribution is 9.10. The lowest BCUT2D eigenvalue weighted by Gasteiger charge is -2.10. The monoisotopic (exact) mass is 642 g/mol. The van der Waals surface area contributed by atoms with Crippen LogP contribution >= 0.6 is 27.5 Å². The number of halogens is 4. The molecular weight excluding hydrogens is 622 g/mol. The minimum absolute atomic E-state index is 0.0177. The van der Waals surface area contributed by atoms with Crippen LogP contribution in [0.4, 0.5) is 8.78 Å². The van der Waals surface area contributed by atoms with Gasteiger partial charge in [0, 0.05) is 74.5 Å². The Kier molecular flexibility index (Phi) is 6.59. The Balaban J connectivity index is 0.000000137. The molecule has 2 heterocycles. The van der Waals surface area contributed by atoms with E-state index >= 15 is 0 Å². The predicted octanol–water partition coefficient (Wildman–Crippen LogP) is 9.47. The lowest BCUT2D eigenvalue weighted by Crippen LogP contribution is -1.96. The zero-order valence-corrected chi connectivity index (χ0v) is 24.3. The van der Waals surface area contributed by atoms with Gasteiger partial charge >= 0.3 is 0 Å². The fraction of sp³-hybridized carbons (Fsp3) is 0.118. The van der Waals surface area contributed by atoms with Gasteiger partial charge in [0.15, 0.2) is 11.6 Å². The second kappa shape index (κ2) is 10.3. The number of nitrogens with one attached hydrogen (secondary N) is 2. The normalized spacial score (nSPS) is 17.4. The fourth-order valence-electron chi connectivity index (χ4n) is 6.36. The molecule has 4 nitrogen and oxygen atoms in total. The summed E-state index contributed by atoms with van der Waals surface area (Å²) in [6.45, 7) is 0. The van der Waals surface area contributed by atoms with Crippen LogP contribution in [0.2, 0.25) is 5.02 Å². The first kappa shape index (κ1) is 26.8. The van der Waals surface area contributed by atoms with Gasteiger partial charge in [-0.15, -0.1) is 0 Å². The highest BCUT2D eigenvalue weighted by atomic mass is 79.9. The number of fused-ring (bicyclic) bond motifs is 4. The van der Waals surface area contributed by atoms with E-state index in [0.29, 0.717) is 29.0 Å². The molecule has 8 heteroatoms. The maximum Gasteiger partial charge on any atom is 0.164 e. The molecule has 2 aromatic heterocycles. The van der Waals surface area contributed by atoms with Gasteiger partial charge in [0.25, 0.3) is 0 Å². The molecule has 0 amide bonds. The third-order valence-electron chi connectivity index (χ3n) is 8.27. The van der Waals surface area contributed by atoms with Gasteiger partial charge < -0.3 is 9.97 Å². The van der Waals surface area contributed by atoms with Crippen LogP contribution in [-0.4, -0.2) is 21.5 Å². The molecule has 6 aromatic rings. The maximum absolute atomic E-state index is 13.5. The Morgan fingerprint density at radius 2 is 1.38 bits per heavy atom. The number of benzene rings is 4. The van der Waals surface area contributed by atoms with Crippen molar-refractivity contribution in [3.63, 3.8) is 0 Å². The van der Waals surface area contributed by atoms with Crippen molar-refractivity contribution in [2.45, 2.75) is 24.7 Å². The Labute approximate surface area is 252 Å². The van der Waals surface area contributed by atoms with Crippen LogP contribution in [0.1, 0.15) is 67.6 Å². The summed E-state index contributed by atoms with van der Waals surface area (Å²) in [4.78, 5) is 30.7. The Bertz CT molecular complexity index is 2060. The number of Topliss-reactive ketones (excluding diaryl/α,β-unsaturated/α-hetero) is 2. The Morgan fingerprint density at radius 3 is 2.21 bits per heavy atom. The van der Waals surface area contributed by atoms with Gasteiger partial charge in [-0.2, -0.15) is 0 Å². The van der Waals surface area contributed by atoms with E-state index in [1.54, 1.807) is 12.1 Å². The first-order chi connectivity index (χ1) is 20.3. The lowest BCUT2D eigenvalue weighted by atomic mass is 9.92. The number of carbonyl (C=O) groups excluding carboxylic acids is 2. The summed E-state index contributed by atoms with van der Waals surface area (Å²) in [5.74, 6) is -0.743. The smallest absolute Gasteiger partial charge is 0.164 e. The number of aromatic nitrogens is 2. The summed E-state index contributed by atoms with van der Waals surface area (Å²) < 4.78 is 27.9. The van der Waals surface area contributed by atoms with E-state index in [0.717, 1.165) is 48.5 Å². The third-order valence-corrected chi connectivity index (χ3v) is 9.08. The molecule has 42 heavy (non-hydrogen) atoms. The predicted molar refractivity (Wildman–Crippen MR) is 164 cm³/mol. The average Bonchev–Trinajstić information content (AvgIpc) is 3.73. The molecule has 0 bridgehead atoms. The van der Waals surface area contributed by atoms with Crippen LogP contribution in [0.25, 0.3) is 21.8 Å². The number of hydrogen-bond acceptors (Lipinski definition) is 2. The minimum Gasteiger partial charge on any atom is -0.361 e. The lowest BCUT2D eigenvalue weighted by molar-refractivity contribution is 0.0983. The average molecular weight is 644 g/mol. The van der Waals surface area contributed by atoms with Crippen LogP contribution in [0.15, 0.2) is 89.7 Å². The first-order valence-corrected chi connectivity index (χ1v) is 14.6. The number of rotatable bonds is 2. The Hall–Kier alpha value is -4.07. The molecule has 2 unspecified atom stereocenters. The van der Waals surface area contributed by atoms with Crippen LogP contribution < -0.4 is 0 Å². The van der Waals surface area contributed by atoms with Gasteiger partial charge in [0.05, 0.1) is 5.02 Å². The molecule has 0 spiro atoms. The maximum atomic E-state index is 13.5. The van der Waals surface area contributed by atoms with E-state index in [-0.39, 0.29) is 35.0 Å². The topological polar surface area (TPSA) is 65.7 Å². The van der Waals surface area contributed by atoms with Gasteiger partial charge in [-0.1, -0.05) is 45.7 Å². The van der Waals surface area contributed by atoms with Gasteiger partial charge in [0.1, 0.15) is 11.6 Å². The minimum atomic E-state index is -0.375. The SMILES string of the molecule is O=C1CC(c2c[nH]c3cc(Br)ccc23)c2cc(F)ccc21.O=C1CC(c2c[nH]c3cccc(Cl)c23)c2ccc(F)cc21. The van der Waals surface area contributed by atoms with Gasteiger partial charge in [-0.05, 0) is 76.9 Å². The van der Waals surface area contributed by atoms with Crippen molar-refractivity contribution in [2.75, 3.05) is 0 Å². The number of H-pyrrole nitrogens is 2. The third kappa shape index (κ3) is 4.48. The van der Waals surface area contributed by atoms with Gasteiger partial charge in [-0.3, -0.25) is 9.59 Å². The summed E-state index contributed by atoms with van der Waals surface area (Å²) in [7, 11) is 0. The van der Waals surface area contributed by atoms with Crippen molar-refractivity contribution in [1.82, 2.24) is 9.97 Å². The number of aromatic amines is 2. The molecule has 2 N–H and O–H groups in total. The van der Waals surface area contributed by atoms with E-state index < -0.39 is 0 Å². The van der Waals surface area contributed by atoms with Crippen molar-refractivity contribution in [2.24, 2.45) is 0 Å². The molecule has 0 saturated carbocycles.